The fourth-order valence-corrected chi connectivity index (χ4v) is 4.02. The van der Waals surface area contributed by atoms with Crippen molar-refractivity contribution in [2.75, 3.05) is 26.7 Å². The van der Waals surface area contributed by atoms with Crippen molar-refractivity contribution >= 4 is 21.6 Å². The zero-order chi connectivity index (χ0) is 13.9. The first kappa shape index (κ1) is 14.7. The van der Waals surface area contributed by atoms with Crippen molar-refractivity contribution in [3.05, 3.63) is 23.5 Å². The Morgan fingerprint density at radius 3 is 2.68 bits per heavy atom. The number of sulfonamides is 1. The second-order valence-electron chi connectivity index (χ2n) is 4.74. The maximum atomic E-state index is 12.4. The summed E-state index contributed by atoms with van der Waals surface area (Å²) in [6.07, 6.45) is 4.54. The molecule has 0 radical (unpaired) electrons. The summed E-state index contributed by atoms with van der Waals surface area (Å²) in [6, 6.07) is 1.45. The van der Waals surface area contributed by atoms with Crippen molar-refractivity contribution in [1.82, 2.24) is 14.6 Å². The average molecular weight is 304 g/mol. The number of nitrogens with one attached hydrogen (secondary N) is 1. The molecular weight excluding hydrogens is 286 g/mol. The van der Waals surface area contributed by atoms with Gasteiger partial charge in [-0.05, 0) is 38.4 Å². The number of pyridine rings is 1. The molecule has 1 aliphatic rings. The van der Waals surface area contributed by atoms with Gasteiger partial charge >= 0.3 is 0 Å². The average Bonchev–Trinajstić information content (AvgIpc) is 2.40. The number of hydrogen-bond donors (Lipinski definition) is 1. The van der Waals surface area contributed by atoms with Crippen LogP contribution >= 0.6 is 11.6 Å². The van der Waals surface area contributed by atoms with Crippen LogP contribution in [0.1, 0.15) is 12.8 Å². The van der Waals surface area contributed by atoms with Crippen LogP contribution in [0.2, 0.25) is 5.02 Å². The lowest BCUT2D eigenvalue weighted by Crippen LogP contribution is -2.40. The van der Waals surface area contributed by atoms with E-state index in [4.69, 9.17) is 11.6 Å². The maximum absolute atomic E-state index is 12.4. The summed E-state index contributed by atoms with van der Waals surface area (Å²) in [5.74, 6) is 0.550. The van der Waals surface area contributed by atoms with Gasteiger partial charge < -0.3 is 5.32 Å². The molecule has 0 spiro atoms. The zero-order valence-electron chi connectivity index (χ0n) is 10.8. The highest BCUT2D eigenvalue weighted by Gasteiger charge is 2.29. The standard InChI is InChI=1S/C12H18ClN3O2S/c1-14-7-10-2-4-16(5-3-10)19(17,18)12-6-11(13)8-15-9-12/h6,8-10,14H,2-5,7H2,1H3. The summed E-state index contributed by atoms with van der Waals surface area (Å²) in [5, 5.41) is 3.47. The molecule has 2 rings (SSSR count). The summed E-state index contributed by atoms with van der Waals surface area (Å²) in [5.41, 5.74) is 0. The number of hydrogen-bond acceptors (Lipinski definition) is 4. The van der Waals surface area contributed by atoms with Crippen LogP contribution in [0.25, 0.3) is 0 Å². The molecule has 1 aromatic heterocycles. The highest BCUT2D eigenvalue weighted by Crippen LogP contribution is 2.24. The summed E-state index contributed by atoms with van der Waals surface area (Å²) in [7, 11) is -1.54. The number of aromatic nitrogens is 1. The van der Waals surface area contributed by atoms with Crippen molar-refractivity contribution in [2.24, 2.45) is 5.92 Å². The van der Waals surface area contributed by atoms with E-state index in [1.165, 1.54) is 22.8 Å². The van der Waals surface area contributed by atoms with Crippen molar-refractivity contribution in [3.8, 4) is 0 Å². The van der Waals surface area contributed by atoms with E-state index in [0.717, 1.165) is 19.4 Å². The normalized spacial score (nSPS) is 18.6. The van der Waals surface area contributed by atoms with Gasteiger partial charge in [-0.25, -0.2) is 8.42 Å². The predicted molar refractivity (Wildman–Crippen MR) is 74.7 cm³/mol. The van der Waals surface area contributed by atoms with E-state index in [1.807, 2.05) is 7.05 Å². The topological polar surface area (TPSA) is 62.3 Å². The van der Waals surface area contributed by atoms with Gasteiger partial charge in [-0.1, -0.05) is 11.6 Å². The summed E-state index contributed by atoms with van der Waals surface area (Å²) < 4.78 is 26.4. The molecule has 0 saturated carbocycles. The van der Waals surface area contributed by atoms with Gasteiger partial charge in [0.1, 0.15) is 4.90 Å². The van der Waals surface area contributed by atoms with Gasteiger partial charge in [0.15, 0.2) is 0 Å². The van der Waals surface area contributed by atoms with E-state index >= 15 is 0 Å². The monoisotopic (exact) mass is 303 g/mol. The maximum Gasteiger partial charge on any atom is 0.244 e. The van der Waals surface area contributed by atoms with Crippen LogP contribution in [0, 0.1) is 5.92 Å². The highest BCUT2D eigenvalue weighted by atomic mass is 35.5. The minimum atomic E-state index is -3.46. The lowest BCUT2D eigenvalue weighted by atomic mass is 9.98. The van der Waals surface area contributed by atoms with Crippen LogP contribution < -0.4 is 5.32 Å². The van der Waals surface area contributed by atoms with Crippen LogP contribution in [0.15, 0.2) is 23.4 Å². The van der Waals surface area contributed by atoms with Gasteiger partial charge in [0, 0.05) is 25.5 Å². The number of piperidine rings is 1. The Bertz CT molecular complexity index is 528. The molecule has 1 N–H and O–H groups in total. The Kier molecular flexibility index (Phi) is 4.78. The van der Waals surface area contributed by atoms with Gasteiger partial charge in [-0.3, -0.25) is 4.98 Å². The van der Waals surface area contributed by atoms with Crippen molar-refractivity contribution in [1.29, 1.82) is 0 Å². The minimum Gasteiger partial charge on any atom is -0.319 e. The number of rotatable bonds is 4. The molecule has 0 aliphatic carbocycles. The molecule has 1 aromatic rings. The lowest BCUT2D eigenvalue weighted by Gasteiger charge is -2.31. The van der Waals surface area contributed by atoms with E-state index < -0.39 is 10.0 Å². The second-order valence-corrected chi connectivity index (χ2v) is 7.12. The molecule has 1 fully saturated rings. The van der Waals surface area contributed by atoms with Crippen LogP contribution in [0.5, 0.6) is 0 Å². The first-order valence-electron chi connectivity index (χ1n) is 6.29. The van der Waals surface area contributed by atoms with E-state index in [0.29, 0.717) is 24.0 Å². The fraction of sp³-hybridized carbons (Fsp3) is 0.583. The first-order chi connectivity index (χ1) is 9.04. The van der Waals surface area contributed by atoms with Crippen molar-refractivity contribution in [2.45, 2.75) is 17.7 Å². The van der Waals surface area contributed by atoms with Gasteiger partial charge in [0.05, 0.1) is 5.02 Å². The molecule has 2 heterocycles. The van der Waals surface area contributed by atoms with Crippen LogP contribution in [0.4, 0.5) is 0 Å². The summed E-state index contributed by atoms with van der Waals surface area (Å²) in [6.45, 7) is 2.05. The Balaban J connectivity index is 2.10. The van der Waals surface area contributed by atoms with E-state index in [9.17, 15) is 8.42 Å². The van der Waals surface area contributed by atoms with Crippen molar-refractivity contribution in [3.63, 3.8) is 0 Å². The Hall–Kier alpha value is -0.690. The van der Waals surface area contributed by atoms with Crippen molar-refractivity contribution < 1.29 is 8.42 Å². The quantitative estimate of drug-likeness (QED) is 0.912. The molecule has 5 nitrogen and oxygen atoms in total. The molecule has 1 aliphatic heterocycles. The van der Waals surface area contributed by atoms with Gasteiger partial charge in [-0.2, -0.15) is 4.31 Å². The molecule has 0 amide bonds. The third kappa shape index (κ3) is 3.45. The molecule has 0 atom stereocenters. The fourth-order valence-electron chi connectivity index (χ4n) is 2.32. The molecular formula is C12H18ClN3O2S. The smallest absolute Gasteiger partial charge is 0.244 e. The first-order valence-corrected chi connectivity index (χ1v) is 8.11. The Morgan fingerprint density at radius 1 is 1.42 bits per heavy atom. The van der Waals surface area contributed by atoms with E-state index in [1.54, 1.807) is 0 Å². The van der Waals surface area contributed by atoms with Gasteiger partial charge in [-0.15, -0.1) is 0 Å². The van der Waals surface area contributed by atoms with Crippen LogP contribution in [-0.4, -0.2) is 44.4 Å². The van der Waals surface area contributed by atoms with Gasteiger partial charge in [0.25, 0.3) is 0 Å². The second kappa shape index (κ2) is 6.17. The van der Waals surface area contributed by atoms with Crippen LogP contribution in [0.3, 0.4) is 0 Å². The summed E-state index contributed by atoms with van der Waals surface area (Å²) in [4.78, 5) is 4.02. The third-order valence-electron chi connectivity index (χ3n) is 3.38. The molecule has 106 valence electrons. The number of nitrogens with zero attached hydrogens (tertiary/aromatic N) is 2. The SMILES string of the molecule is CNCC1CCN(S(=O)(=O)c2cncc(Cl)c2)CC1. The molecule has 1 saturated heterocycles. The lowest BCUT2D eigenvalue weighted by molar-refractivity contribution is 0.270. The molecule has 0 unspecified atom stereocenters. The largest absolute Gasteiger partial charge is 0.319 e. The number of halogens is 1. The zero-order valence-corrected chi connectivity index (χ0v) is 12.4. The van der Waals surface area contributed by atoms with Gasteiger partial charge in [0.2, 0.25) is 10.0 Å². The molecule has 0 bridgehead atoms. The predicted octanol–water partition coefficient (Wildman–Crippen LogP) is 1.36. The Morgan fingerprint density at radius 2 is 2.11 bits per heavy atom. The third-order valence-corrected chi connectivity index (χ3v) is 5.45. The minimum absolute atomic E-state index is 0.173. The molecule has 7 heteroatoms. The van der Waals surface area contributed by atoms with E-state index in [-0.39, 0.29) is 4.90 Å². The molecule has 0 aromatic carbocycles. The highest BCUT2D eigenvalue weighted by molar-refractivity contribution is 7.89. The summed E-state index contributed by atoms with van der Waals surface area (Å²) >= 11 is 5.80. The van der Waals surface area contributed by atoms with E-state index in [2.05, 4.69) is 10.3 Å². The van der Waals surface area contributed by atoms with Crippen LogP contribution in [-0.2, 0) is 10.0 Å². The molecule has 19 heavy (non-hydrogen) atoms. The Labute approximate surface area is 119 Å².